The van der Waals surface area contributed by atoms with E-state index < -0.39 is 21.6 Å². The van der Waals surface area contributed by atoms with E-state index in [9.17, 15) is 21.6 Å². The lowest BCUT2D eigenvalue weighted by molar-refractivity contribution is -0.138. The highest BCUT2D eigenvalue weighted by Gasteiger charge is 2.34. The number of alkyl halides is 3. The topological polar surface area (TPSA) is 69.4 Å². The largest absolute Gasteiger partial charge is 0.493 e. The molecule has 118 valence electrons. The quantitative estimate of drug-likeness (QED) is 0.634. The second-order valence-corrected chi connectivity index (χ2v) is 7.10. The predicted molar refractivity (Wildman–Crippen MR) is 77.2 cm³/mol. The summed E-state index contributed by atoms with van der Waals surface area (Å²) in [4.78, 5) is -0.149. The van der Waals surface area contributed by atoms with Crippen LogP contribution in [0.15, 0.2) is 18.2 Å². The van der Waals surface area contributed by atoms with Crippen molar-refractivity contribution >= 4 is 27.0 Å². The van der Waals surface area contributed by atoms with Gasteiger partial charge in [0.15, 0.2) is 0 Å². The van der Waals surface area contributed by atoms with Crippen molar-refractivity contribution < 1.29 is 26.3 Å². The van der Waals surface area contributed by atoms with Crippen molar-refractivity contribution in [2.75, 3.05) is 18.6 Å². The van der Waals surface area contributed by atoms with Gasteiger partial charge in [0, 0.05) is 11.8 Å². The highest BCUT2D eigenvalue weighted by Crippen LogP contribution is 2.36. The number of benzene rings is 1. The van der Waals surface area contributed by atoms with Gasteiger partial charge in [-0.25, -0.2) is 8.42 Å². The molecule has 0 aliphatic rings. The van der Waals surface area contributed by atoms with Crippen LogP contribution in [-0.2, 0) is 16.0 Å². The molecule has 0 fully saturated rings. The summed E-state index contributed by atoms with van der Waals surface area (Å²) >= 11 is 4.64. The third-order valence-electron chi connectivity index (χ3n) is 2.49. The van der Waals surface area contributed by atoms with Crippen molar-refractivity contribution in [2.24, 2.45) is 5.73 Å². The molecule has 0 saturated carbocycles. The smallest absolute Gasteiger partial charge is 0.419 e. The van der Waals surface area contributed by atoms with Crippen molar-refractivity contribution in [3.8, 4) is 5.75 Å². The summed E-state index contributed by atoms with van der Waals surface area (Å²) in [5.41, 5.74) is 4.39. The Balaban J connectivity index is 2.89. The lowest BCUT2D eigenvalue weighted by atomic mass is 10.1. The van der Waals surface area contributed by atoms with Crippen molar-refractivity contribution in [2.45, 2.75) is 12.6 Å². The van der Waals surface area contributed by atoms with Gasteiger partial charge in [-0.15, -0.1) is 0 Å². The van der Waals surface area contributed by atoms with Crippen LogP contribution >= 0.6 is 12.2 Å². The Morgan fingerprint density at radius 1 is 1.38 bits per heavy atom. The van der Waals surface area contributed by atoms with E-state index in [4.69, 9.17) is 10.5 Å². The standard InChI is InChI=1S/C12H14F3NO3S2/c1-21(17,18)6-2-5-19-10-4-3-8(11(16)20)7-9(10)12(13,14)15/h3-4,7H,2,5-6H2,1H3,(H2,16,20). The van der Waals surface area contributed by atoms with E-state index in [0.29, 0.717) is 0 Å². The van der Waals surface area contributed by atoms with Crippen molar-refractivity contribution in [3.05, 3.63) is 29.3 Å². The number of halogens is 3. The number of hydrogen-bond donors (Lipinski definition) is 1. The molecule has 1 aromatic carbocycles. The van der Waals surface area contributed by atoms with Crippen LogP contribution in [0.5, 0.6) is 5.75 Å². The maximum absolute atomic E-state index is 12.9. The molecule has 0 unspecified atom stereocenters. The van der Waals surface area contributed by atoms with Gasteiger partial charge in [-0.2, -0.15) is 13.2 Å². The molecule has 0 aliphatic heterocycles. The van der Waals surface area contributed by atoms with Crippen LogP contribution in [0.3, 0.4) is 0 Å². The Hall–Kier alpha value is -1.35. The highest BCUT2D eigenvalue weighted by atomic mass is 32.2. The number of rotatable bonds is 6. The van der Waals surface area contributed by atoms with Crippen LogP contribution in [0.4, 0.5) is 13.2 Å². The van der Waals surface area contributed by atoms with Crippen LogP contribution in [-0.4, -0.2) is 32.0 Å². The molecule has 0 aliphatic carbocycles. The average Bonchev–Trinajstić information content (AvgIpc) is 2.32. The minimum absolute atomic E-state index is 0.0841. The zero-order valence-corrected chi connectivity index (χ0v) is 12.7. The van der Waals surface area contributed by atoms with Crippen LogP contribution in [0, 0.1) is 0 Å². The second kappa shape index (κ2) is 6.61. The van der Waals surface area contributed by atoms with Gasteiger partial charge in [0.1, 0.15) is 20.6 Å². The van der Waals surface area contributed by atoms with E-state index in [-0.39, 0.29) is 35.1 Å². The third-order valence-corrected chi connectivity index (χ3v) is 3.75. The van der Waals surface area contributed by atoms with Gasteiger partial charge in [-0.3, -0.25) is 0 Å². The molecule has 9 heteroatoms. The fraction of sp³-hybridized carbons (Fsp3) is 0.417. The Morgan fingerprint density at radius 3 is 2.48 bits per heavy atom. The second-order valence-electron chi connectivity index (χ2n) is 4.40. The molecule has 0 spiro atoms. The summed E-state index contributed by atoms with van der Waals surface area (Å²) in [6, 6.07) is 3.26. The maximum Gasteiger partial charge on any atom is 0.419 e. The Bertz CT molecular complexity index is 627. The van der Waals surface area contributed by atoms with Gasteiger partial charge in [-0.05, 0) is 24.6 Å². The summed E-state index contributed by atoms with van der Waals surface area (Å²) in [5, 5.41) is 0. The van der Waals surface area contributed by atoms with E-state index in [2.05, 4.69) is 12.2 Å². The fourth-order valence-electron chi connectivity index (χ4n) is 1.53. The zero-order valence-electron chi connectivity index (χ0n) is 11.1. The monoisotopic (exact) mass is 341 g/mol. The van der Waals surface area contributed by atoms with E-state index in [1.165, 1.54) is 6.07 Å². The number of hydrogen-bond acceptors (Lipinski definition) is 4. The van der Waals surface area contributed by atoms with Crippen LogP contribution in [0.2, 0.25) is 0 Å². The molecule has 0 heterocycles. The Labute approximate surface area is 126 Å². The predicted octanol–water partition coefficient (Wildman–Crippen LogP) is 2.15. The van der Waals surface area contributed by atoms with E-state index in [1.807, 2.05) is 0 Å². The molecule has 2 N–H and O–H groups in total. The molecule has 1 aromatic rings. The first-order valence-corrected chi connectivity index (χ1v) is 8.29. The molecule has 0 aromatic heterocycles. The zero-order chi connectivity index (χ0) is 16.3. The van der Waals surface area contributed by atoms with Gasteiger partial charge in [0.05, 0.1) is 17.9 Å². The number of ether oxygens (including phenoxy) is 1. The van der Waals surface area contributed by atoms with Gasteiger partial charge in [-0.1, -0.05) is 12.2 Å². The molecule has 4 nitrogen and oxygen atoms in total. The first-order chi connectivity index (χ1) is 9.50. The van der Waals surface area contributed by atoms with E-state index in [1.54, 1.807) is 0 Å². The SMILES string of the molecule is CS(=O)(=O)CCCOc1ccc(C(N)=S)cc1C(F)(F)F. The average molecular weight is 341 g/mol. The molecular formula is C12H14F3NO3S2. The van der Waals surface area contributed by atoms with Crippen molar-refractivity contribution in [3.63, 3.8) is 0 Å². The summed E-state index contributed by atoms with van der Waals surface area (Å²) in [5.74, 6) is -0.532. The Morgan fingerprint density at radius 2 is 2.00 bits per heavy atom. The van der Waals surface area contributed by atoms with Crippen molar-refractivity contribution in [1.82, 2.24) is 0 Å². The summed E-state index contributed by atoms with van der Waals surface area (Å²) in [6.45, 7) is -0.136. The van der Waals surface area contributed by atoms with Crippen LogP contribution < -0.4 is 10.5 Å². The minimum atomic E-state index is -4.62. The first-order valence-electron chi connectivity index (χ1n) is 5.82. The lowest BCUT2D eigenvalue weighted by Gasteiger charge is -2.15. The number of thiocarbonyl (C=S) groups is 1. The molecule has 21 heavy (non-hydrogen) atoms. The summed E-state index contributed by atoms with van der Waals surface area (Å²) in [6.07, 6.45) is -3.47. The molecule has 1 rings (SSSR count). The third kappa shape index (κ3) is 5.88. The number of sulfone groups is 1. The highest BCUT2D eigenvalue weighted by molar-refractivity contribution is 7.90. The molecule has 0 atom stereocenters. The molecule has 0 amide bonds. The summed E-state index contributed by atoms with van der Waals surface area (Å²) in [7, 11) is -3.17. The number of nitrogens with two attached hydrogens (primary N) is 1. The Kier molecular flexibility index (Phi) is 5.57. The van der Waals surface area contributed by atoms with Crippen LogP contribution in [0.25, 0.3) is 0 Å². The summed E-state index contributed by atoms with van der Waals surface area (Å²) < 4.78 is 65.7. The normalized spacial score (nSPS) is 12.2. The van der Waals surface area contributed by atoms with Gasteiger partial charge in [0.25, 0.3) is 0 Å². The molecule has 0 bridgehead atoms. The fourth-order valence-corrected chi connectivity index (χ4v) is 2.30. The molecule has 0 saturated heterocycles. The van der Waals surface area contributed by atoms with Gasteiger partial charge in [0.2, 0.25) is 0 Å². The van der Waals surface area contributed by atoms with Gasteiger partial charge < -0.3 is 10.5 Å². The maximum atomic E-state index is 12.9. The lowest BCUT2D eigenvalue weighted by Crippen LogP contribution is -2.15. The minimum Gasteiger partial charge on any atom is -0.493 e. The van der Waals surface area contributed by atoms with Crippen molar-refractivity contribution in [1.29, 1.82) is 0 Å². The molecular weight excluding hydrogens is 327 g/mol. The van der Waals surface area contributed by atoms with Gasteiger partial charge >= 0.3 is 6.18 Å². The van der Waals surface area contributed by atoms with Crippen LogP contribution in [0.1, 0.15) is 17.5 Å². The first kappa shape index (κ1) is 17.7. The molecule has 0 radical (unpaired) electrons. The van der Waals surface area contributed by atoms with E-state index in [0.717, 1.165) is 18.4 Å². The van der Waals surface area contributed by atoms with E-state index >= 15 is 0 Å².